The number of ether oxygens (including phenoxy) is 1. The minimum atomic E-state index is -3.71. The van der Waals surface area contributed by atoms with Crippen LogP contribution in [0.15, 0.2) is 30.9 Å². The van der Waals surface area contributed by atoms with Gasteiger partial charge in [-0.2, -0.15) is 17.3 Å². The van der Waals surface area contributed by atoms with E-state index in [0.29, 0.717) is 57.7 Å². The molecular formula is C22H32FN4O4S+. The molecule has 1 saturated heterocycles. The van der Waals surface area contributed by atoms with Crippen LogP contribution in [0.3, 0.4) is 0 Å². The van der Waals surface area contributed by atoms with Gasteiger partial charge in [0.1, 0.15) is 5.82 Å². The molecule has 10 heteroatoms. The van der Waals surface area contributed by atoms with E-state index in [4.69, 9.17) is 9.88 Å². The van der Waals surface area contributed by atoms with Gasteiger partial charge < -0.3 is 4.74 Å². The minimum absolute atomic E-state index is 0.114. The second-order valence-corrected chi connectivity index (χ2v) is 9.99. The van der Waals surface area contributed by atoms with Crippen molar-refractivity contribution in [3.8, 4) is 0 Å². The molecule has 8 nitrogen and oxygen atoms in total. The number of carbonyl (C=O) groups is 1. The fourth-order valence-electron chi connectivity index (χ4n) is 4.21. The Hall–Kier alpha value is -1.98. The van der Waals surface area contributed by atoms with Crippen molar-refractivity contribution in [1.82, 2.24) is 9.21 Å². The Morgan fingerprint density at radius 2 is 2.03 bits per heavy atom. The van der Waals surface area contributed by atoms with Gasteiger partial charge in [-0.15, -0.1) is 0 Å². The van der Waals surface area contributed by atoms with Gasteiger partial charge in [-0.1, -0.05) is 18.7 Å². The third-order valence-electron chi connectivity index (χ3n) is 6.10. The molecule has 0 aliphatic carbocycles. The summed E-state index contributed by atoms with van der Waals surface area (Å²) in [5, 5.41) is 5.23. The number of piperidine rings is 1. The molecule has 1 aromatic carbocycles. The van der Waals surface area contributed by atoms with Gasteiger partial charge in [0.25, 0.3) is 10.2 Å². The smallest absolute Gasteiger partial charge is 0.369 e. The lowest BCUT2D eigenvalue weighted by Gasteiger charge is -2.35. The summed E-state index contributed by atoms with van der Waals surface area (Å²) in [6.45, 7) is 10.1. The van der Waals surface area contributed by atoms with Crippen molar-refractivity contribution in [3.05, 3.63) is 47.8 Å². The van der Waals surface area contributed by atoms with Crippen molar-refractivity contribution >= 4 is 21.8 Å². The average molecular weight is 468 g/mol. The molecule has 0 radical (unpaired) electrons. The lowest BCUT2D eigenvalue weighted by molar-refractivity contribution is -0.452. The van der Waals surface area contributed by atoms with E-state index in [2.05, 4.69) is 11.5 Å². The van der Waals surface area contributed by atoms with Gasteiger partial charge in [0.15, 0.2) is 12.3 Å². The number of benzene rings is 1. The Morgan fingerprint density at radius 1 is 1.34 bits per heavy atom. The molecule has 2 aliphatic heterocycles. The highest BCUT2D eigenvalue weighted by Gasteiger charge is 2.31. The van der Waals surface area contributed by atoms with Crippen LogP contribution < -0.4 is 5.14 Å². The first-order valence-corrected chi connectivity index (χ1v) is 12.3. The Kier molecular flexibility index (Phi) is 7.94. The summed E-state index contributed by atoms with van der Waals surface area (Å²) < 4.78 is 46.8. The SMILES string of the molecule is C=CC(=O)[N+]1=C(C)CN(C[C@@H](OC2CCN(S(N)(=O)=O)CC2)c2ccc(C)c(F)c2)CC1. The number of amides is 1. The van der Waals surface area contributed by atoms with E-state index in [1.165, 1.54) is 16.4 Å². The van der Waals surface area contributed by atoms with Crippen molar-refractivity contribution in [3.63, 3.8) is 0 Å². The molecule has 2 N–H and O–H groups in total. The maximum absolute atomic E-state index is 14.3. The Balaban J connectivity index is 1.74. The first-order chi connectivity index (χ1) is 15.1. The lowest BCUT2D eigenvalue weighted by Crippen LogP contribution is -2.47. The lowest BCUT2D eigenvalue weighted by atomic mass is 10.0. The number of rotatable bonds is 7. The highest BCUT2D eigenvalue weighted by atomic mass is 32.2. The number of hydrogen-bond acceptors (Lipinski definition) is 5. The molecule has 0 unspecified atom stereocenters. The van der Waals surface area contributed by atoms with E-state index in [1.807, 2.05) is 13.0 Å². The number of halogens is 1. The monoisotopic (exact) mass is 467 g/mol. The molecule has 1 fully saturated rings. The third-order valence-corrected chi connectivity index (χ3v) is 7.19. The van der Waals surface area contributed by atoms with Crippen molar-refractivity contribution in [2.45, 2.75) is 38.9 Å². The first-order valence-electron chi connectivity index (χ1n) is 10.8. The fourth-order valence-corrected chi connectivity index (χ4v) is 4.93. The molecule has 32 heavy (non-hydrogen) atoms. The second kappa shape index (κ2) is 10.3. The Bertz CT molecular complexity index is 1000. The number of nitrogens with zero attached hydrogens (tertiary/aromatic N) is 3. The van der Waals surface area contributed by atoms with Gasteiger partial charge in [0.2, 0.25) is 0 Å². The zero-order valence-electron chi connectivity index (χ0n) is 18.7. The molecule has 2 aliphatic rings. The van der Waals surface area contributed by atoms with Crippen LogP contribution >= 0.6 is 0 Å². The van der Waals surface area contributed by atoms with E-state index >= 15 is 0 Å². The highest BCUT2D eigenvalue weighted by Crippen LogP contribution is 2.27. The van der Waals surface area contributed by atoms with E-state index < -0.39 is 10.2 Å². The van der Waals surface area contributed by atoms with E-state index in [-0.39, 0.29) is 23.9 Å². The van der Waals surface area contributed by atoms with Gasteiger partial charge in [-0.3, -0.25) is 4.90 Å². The minimum Gasteiger partial charge on any atom is -0.369 e. The summed E-state index contributed by atoms with van der Waals surface area (Å²) in [7, 11) is -3.71. The first kappa shape index (κ1) is 24.7. The van der Waals surface area contributed by atoms with Crippen LogP contribution in [-0.2, 0) is 19.7 Å². The molecule has 3 rings (SSSR count). The molecular weight excluding hydrogens is 435 g/mol. The van der Waals surface area contributed by atoms with Crippen LogP contribution in [-0.4, -0.2) is 79.2 Å². The summed E-state index contributed by atoms with van der Waals surface area (Å²) in [6, 6.07) is 5.12. The topological polar surface area (TPSA) is 95.9 Å². The summed E-state index contributed by atoms with van der Waals surface area (Å²) in [6.07, 6.45) is 1.82. The molecule has 0 saturated carbocycles. The zero-order valence-corrected chi connectivity index (χ0v) is 19.5. The normalized spacial score (nSPS) is 20.4. The third kappa shape index (κ3) is 6.08. The van der Waals surface area contributed by atoms with Gasteiger partial charge in [0.05, 0.1) is 25.3 Å². The molecule has 176 valence electrons. The second-order valence-electron chi connectivity index (χ2n) is 8.44. The quantitative estimate of drug-likeness (QED) is 0.483. The van der Waals surface area contributed by atoms with Crippen LogP contribution in [0.4, 0.5) is 4.39 Å². The maximum Gasteiger partial charge on any atom is 0.411 e. The van der Waals surface area contributed by atoms with Crippen molar-refractivity contribution < 1.29 is 26.9 Å². The zero-order chi connectivity index (χ0) is 23.5. The molecule has 0 spiro atoms. The summed E-state index contributed by atoms with van der Waals surface area (Å²) in [4.78, 5) is 14.2. The van der Waals surface area contributed by atoms with E-state index in [0.717, 1.165) is 11.3 Å². The fraction of sp³-hybridized carbons (Fsp3) is 0.545. The number of hydrogen-bond donors (Lipinski definition) is 1. The molecule has 0 aromatic heterocycles. The standard InChI is InChI=1S/C22H32FN4O4S/c1-4-22(28)27-12-11-25(14-17(27)3)15-21(18-6-5-16(2)20(23)13-18)31-19-7-9-26(10-8-19)32(24,29)30/h4-6,13,19,21H,1,7-12,14-15H2,2-3H3,(H2,24,29,30)/q+1/t21-/m1/s1. The number of nitrogens with two attached hydrogens (primary N) is 1. The van der Waals surface area contributed by atoms with Crippen LogP contribution in [0.5, 0.6) is 0 Å². The summed E-state index contributed by atoms with van der Waals surface area (Å²) >= 11 is 0. The van der Waals surface area contributed by atoms with Crippen LogP contribution in [0.1, 0.15) is 37.0 Å². The van der Waals surface area contributed by atoms with Crippen molar-refractivity contribution in [1.29, 1.82) is 0 Å². The number of carbonyl (C=O) groups excluding carboxylic acids is 1. The van der Waals surface area contributed by atoms with Crippen molar-refractivity contribution in [2.75, 3.05) is 39.3 Å². The van der Waals surface area contributed by atoms with Crippen LogP contribution in [0.2, 0.25) is 0 Å². The van der Waals surface area contributed by atoms with Gasteiger partial charge in [-0.05, 0) is 37.0 Å². The van der Waals surface area contributed by atoms with Gasteiger partial charge >= 0.3 is 5.91 Å². The summed E-state index contributed by atoms with van der Waals surface area (Å²) in [5.41, 5.74) is 2.23. The average Bonchev–Trinajstić information content (AvgIpc) is 2.74. The summed E-state index contributed by atoms with van der Waals surface area (Å²) in [5.74, 6) is -0.401. The largest absolute Gasteiger partial charge is 0.411 e. The van der Waals surface area contributed by atoms with E-state index in [9.17, 15) is 17.6 Å². The van der Waals surface area contributed by atoms with E-state index in [1.54, 1.807) is 17.6 Å². The molecule has 2 heterocycles. The molecule has 1 aromatic rings. The predicted molar refractivity (Wildman–Crippen MR) is 120 cm³/mol. The molecule has 0 bridgehead atoms. The van der Waals surface area contributed by atoms with Crippen LogP contribution in [0.25, 0.3) is 0 Å². The Morgan fingerprint density at radius 3 is 2.59 bits per heavy atom. The van der Waals surface area contributed by atoms with Gasteiger partial charge in [0, 0.05) is 32.6 Å². The van der Waals surface area contributed by atoms with Crippen LogP contribution in [0, 0.1) is 12.7 Å². The molecule has 1 amide bonds. The Labute approximate surface area is 189 Å². The maximum atomic E-state index is 14.3. The number of aryl methyl sites for hydroxylation is 1. The molecule has 1 atom stereocenters. The predicted octanol–water partition coefficient (Wildman–Crippen LogP) is 1.36. The van der Waals surface area contributed by atoms with Gasteiger partial charge in [-0.25, -0.2) is 14.3 Å². The highest BCUT2D eigenvalue weighted by molar-refractivity contribution is 7.86. The van der Waals surface area contributed by atoms with Crippen molar-refractivity contribution in [2.24, 2.45) is 5.14 Å².